The second kappa shape index (κ2) is 5.83. The molecule has 0 atom stereocenters. The highest BCUT2D eigenvalue weighted by molar-refractivity contribution is 6.19. The van der Waals surface area contributed by atoms with Crippen molar-refractivity contribution in [2.24, 2.45) is 0 Å². The molecule has 6 rings (SSSR count). The molecule has 0 fully saturated rings. The number of rotatable bonds is 2. The monoisotopic (exact) mass is 360 g/mol. The molecule has 0 spiro atoms. The smallest absolute Gasteiger partial charge is 0.215 e. The van der Waals surface area contributed by atoms with Crippen LogP contribution in [-0.4, -0.2) is 9.55 Å². The lowest BCUT2D eigenvalue weighted by Crippen LogP contribution is -1.95. The van der Waals surface area contributed by atoms with Gasteiger partial charge < -0.3 is 4.42 Å². The van der Waals surface area contributed by atoms with Crippen LogP contribution >= 0.6 is 0 Å². The Morgan fingerprint density at radius 1 is 0.679 bits per heavy atom. The van der Waals surface area contributed by atoms with Crippen molar-refractivity contribution in [3.8, 4) is 16.8 Å². The number of benzene rings is 3. The van der Waals surface area contributed by atoms with Gasteiger partial charge >= 0.3 is 0 Å². The van der Waals surface area contributed by atoms with Crippen LogP contribution in [0.25, 0.3) is 49.9 Å². The van der Waals surface area contributed by atoms with Crippen LogP contribution < -0.4 is 0 Å². The van der Waals surface area contributed by atoms with Crippen molar-refractivity contribution in [1.82, 2.24) is 9.55 Å². The molecule has 3 aromatic carbocycles. The van der Waals surface area contributed by atoms with Gasteiger partial charge in [0.15, 0.2) is 0 Å². The van der Waals surface area contributed by atoms with Gasteiger partial charge in [0.05, 0.1) is 11.1 Å². The van der Waals surface area contributed by atoms with E-state index < -0.39 is 0 Å². The lowest BCUT2D eigenvalue weighted by atomic mass is 10.1. The van der Waals surface area contributed by atoms with Crippen molar-refractivity contribution in [2.75, 3.05) is 0 Å². The van der Waals surface area contributed by atoms with E-state index >= 15 is 0 Å². The molecule has 0 amide bonds. The fraction of sp³-hybridized carbons (Fsp3) is 0. The molecule has 28 heavy (non-hydrogen) atoms. The van der Waals surface area contributed by atoms with E-state index in [0.29, 0.717) is 0 Å². The molecule has 0 bridgehead atoms. The van der Waals surface area contributed by atoms with Crippen LogP contribution in [0, 0.1) is 0 Å². The van der Waals surface area contributed by atoms with Crippen LogP contribution in [0.3, 0.4) is 0 Å². The van der Waals surface area contributed by atoms with Gasteiger partial charge in [-0.15, -0.1) is 0 Å². The maximum Gasteiger partial charge on any atom is 0.215 e. The maximum absolute atomic E-state index is 6.29. The van der Waals surface area contributed by atoms with Gasteiger partial charge in [-0.2, -0.15) is 0 Å². The number of pyridine rings is 1. The van der Waals surface area contributed by atoms with E-state index in [0.717, 1.165) is 38.8 Å². The van der Waals surface area contributed by atoms with Crippen molar-refractivity contribution in [2.45, 2.75) is 0 Å². The molecule has 0 unspecified atom stereocenters. The Morgan fingerprint density at radius 2 is 1.46 bits per heavy atom. The highest BCUT2D eigenvalue weighted by Gasteiger charge is 2.19. The summed E-state index contributed by atoms with van der Waals surface area (Å²) in [6.45, 7) is 0. The third-order valence-electron chi connectivity index (χ3n) is 5.26. The minimum absolute atomic E-state index is 0.833. The molecule has 132 valence electrons. The fourth-order valence-corrected chi connectivity index (χ4v) is 4.01. The summed E-state index contributed by atoms with van der Waals surface area (Å²) in [5, 5.41) is 3.34. The summed E-state index contributed by atoms with van der Waals surface area (Å²) in [7, 11) is 0. The summed E-state index contributed by atoms with van der Waals surface area (Å²) < 4.78 is 8.41. The first kappa shape index (κ1) is 15.2. The van der Waals surface area contributed by atoms with Gasteiger partial charge in [0, 0.05) is 17.0 Å². The highest BCUT2D eigenvalue weighted by atomic mass is 16.3. The van der Waals surface area contributed by atoms with Crippen LogP contribution in [0.2, 0.25) is 0 Å². The molecular formula is C25H16N2O. The first-order valence-corrected chi connectivity index (χ1v) is 9.33. The van der Waals surface area contributed by atoms with E-state index in [1.807, 2.05) is 36.5 Å². The third-order valence-corrected chi connectivity index (χ3v) is 5.26. The van der Waals surface area contributed by atoms with Gasteiger partial charge in [-0.05, 0) is 41.5 Å². The first-order chi connectivity index (χ1) is 13.9. The molecule has 0 aliphatic rings. The number of para-hydroxylation sites is 1. The van der Waals surface area contributed by atoms with E-state index in [1.54, 1.807) is 0 Å². The largest absolute Gasteiger partial charge is 0.439 e. The Morgan fingerprint density at radius 3 is 2.39 bits per heavy atom. The average molecular weight is 360 g/mol. The van der Waals surface area contributed by atoms with Crippen LogP contribution in [0.5, 0.6) is 0 Å². The van der Waals surface area contributed by atoms with Crippen LogP contribution in [0.1, 0.15) is 0 Å². The second-order valence-corrected chi connectivity index (χ2v) is 6.90. The molecule has 0 aliphatic carbocycles. The van der Waals surface area contributed by atoms with E-state index in [9.17, 15) is 0 Å². The number of nitrogens with zero attached hydrogens (tertiary/aromatic N) is 2. The van der Waals surface area contributed by atoms with Crippen molar-refractivity contribution in [3.63, 3.8) is 0 Å². The average Bonchev–Trinajstić information content (AvgIpc) is 3.29. The molecule has 3 heterocycles. The number of fused-ring (bicyclic) bond motifs is 5. The molecule has 0 N–H and O–H groups in total. The van der Waals surface area contributed by atoms with Gasteiger partial charge in [0.2, 0.25) is 5.71 Å². The molecule has 0 aliphatic heterocycles. The second-order valence-electron chi connectivity index (χ2n) is 6.90. The highest BCUT2D eigenvalue weighted by Crippen LogP contribution is 2.38. The lowest BCUT2D eigenvalue weighted by Gasteiger charge is -2.08. The zero-order chi connectivity index (χ0) is 18.5. The van der Waals surface area contributed by atoms with E-state index in [2.05, 4.69) is 70.2 Å². The van der Waals surface area contributed by atoms with E-state index in [1.165, 1.54) is 11.1 Å². The summed E-state index contributed by atoms with van der Waals surface area (Å²) in [6, 6.07) is 31.2. The molecule has 3 aromatic heterocycles. The maximum atomic E-state index is 6.29. The van der Waals surface area contributed by atoms with Crippen LogP contribution in [0.4, 0.5) is 0 Å². The van der Waals surface area contributed by atoms with Crippen molar-refractivity contribution < 1.29 is 4.42 Å². The Kier molecular flexibility index (Phi) is 3.17. The van der Waals surface area contributed by atoms with Gasteiger partial charge in [-0.1, -0.05) is 60.7 Å². The van der Waals surface area contributed by atoms with E-state index in [4.69, 9.17) is 4.42 Å². The van der Waals surface area contributed by atoms with Gasteiger partial charge in [0.1, 0.15) is 11.2 Å². The van der Waals surface area contributed by atoms with Crippen molar-refractivity contribution in [3.05, 3.63) is 97.2 Å². The quantitative estimate of drug-likeness (QED) is 0.349. The Balaban J connectivity index is 1.70. The fourth-order valence-electron chi connectivity index (χ4n) is 4.01. The minimum atomic E-state index is 0.833. The number of hydrogen-bond acceptors (Lipinski definition) is 2. The molecule has 6 aromatic rings. The van der Waals surface area contributed by atoms with Crippen molar-refractivity contribution in [1.29, 1.82) is 0 Å². The summed E-state index contributed by atoms with van der Waals surface area (Å²) >= 11 is 0. The van der Waals surface area contributed by atoms with E-state index in [-0.39, 0.29) is 0 Å². The molecule has 3 heteroatoms. The predicted octanol–water partition coefficient (Wildman–Crippen LogP) is 6.59. The molecule has 0 radical (unpaired) electrons. The molecule has 0 saturated carbocycles. The number of hydrogen-bond donors (Lipinski definition) is 0. The zero-order valence-corrected chi connectivity index (χ0v) is 15.0. The van der Waals surface area contributed by atoms with Crippen molar-refractivity contribution >= 4 is 33.1 Å². The Bertz CT molecular complexity index is 1460. The minimum Gasteiger partial charge on any atom is -0.439 e. The number of aromatic nitrogens is 2. The molecule has 3 nitrogen and oxygen atoms in total. The van der Waals surface area contributed by atoms with Gasteiger partial charge in [-0.25, -0.2) is 4.98 Å². The topological polar surface area (TPSA) is 31.0 Å². The zero-order valence-electron chi connectivity index (χ0n) is 15.0. The number of furan rings is 1. The van der Waals surface area contributed by atoms with Crippen LogP contribution in [-0.2, 0) is 0 Å². The van der Waals surface area contributed by atoms with Crippen LogP contribution in [0.15, 0.2) is 102 Å². The standard InChI is InChI=1S/C25H16N2O/c1-2-8-17(9-3-1)18-10-6-11-19(16-18)27-24-21(13-7-15-26-24)23-20-12-4-5-14-22(20)28-25(23)27/h1-16H. The Labute approximate surface area is 161 Å². The summed E-state index contributed by atoms with van der Waals surface area (Å²) in [5.74, 6) is 0. The first-order valence-electron chi connectivity index (χ1n) is 9.33. The SMILES string of the molecule is c1ccc(-c2cccc(-n3c4ncccc4c4c5ccccc5oc43)c2)cc1. The van der Waals surface area contributed by atoms with Gasteiger partial charge in [-0.3, -0.25) is 4.57 Å². The Hall–Kier alpha value is -3.85. The summed E-state index contributed by atoms with van der Waals surface area (Å²) in [4.78, 5) is 4.68. The normalized spacial score (nSPS) is 11.6. The molecular weight excluding hydrogens is 344 g/mol. The molecule has 0 saturated heterocycles. The summed E-state index contributed by atoms with van der Waals surface area (Å²) in [6.07, 6.45) is 1.83. The lowest BCUT2D eigenvalue weighted by molar-refractivity contribution is 0.645. The predicted molar refractivity (Wildman–Crippen MR) is 114 cm³/mol. The third kappa shape index (κ3) is 2.13. The van der Waals surface area contributed by atoms with Gasteiger partial charge in [0.25, 0.3) is 0 Å². The summed E-state index contributed by atoms with van der Waals surface area (Å²) in [5.41, 5.74) is 6.03.